The molecule has 0 saturated carbocycles. The van der Waals surface area contributed by atoms with Gasteiger partial charge in [0.25, 0.3) is 0 Å². The van der Waals surface area contributed by atoms with Crippen LogP contribution in [-0.4, -0.2) is 42.4 Å². The highest BCUT2D eigenvalue weighted by Gasteiger charge is 2.19. The Morgan fingerprint density at radius 1 is 1.23 bits per heavy atom. The van der Waals surface area contributed by atoms with Crippen LogP contribution in [0.5, 0.6) is 0 Å². The first-order valence-corrected chi connectivity index (χ1v) is 7.80. The molecule has 3 N–H and O–H groups in total. The van der Waals surface area contributed by atoms with Gasteiger partial charge in [0.05, 0.1) is 12.6 Å². The lowest BCUT2D eigenvalue weighted by Gasteiger charge is -2.22. The highest BCUT2D eigenvalue weighted by atomic mass is 16.2. The molecule has 1 rings (SSSR count). The minimum absolute atomic E-state index is 0.00187. The fourth-order valence-corrected chi connectivity index (χ4v) is 2.06. The molecule has 122 valence electrons. The van der Waals surface area contributed by atoms with Crippen LogP contribution in [-0.2, 0) is 16.0 Å². The van der Waals surface area contributed by atoms with Gasteiger partial charge in [0, 0.05) is 13.1 Å². The predicted octanol–water partition coefficient (Wildman–Crippen LogP) is 1.18. The number of carbonyl (C=O) groups excluding carboxylic acids is 2. The number of rotatable bonds is 8. The topological polar surface area (TPSA) is 75.4 Å². The van der Waals surface area contributed by atoms with E-state index in [4.69, 9.17) is 5.73 Å². The van der Waals surface area contributed by atoms with Crippen LogP contribution >= 0.6 is 0 Å². The van der Waals surface area contributed by atoms with E-state index in [9.17, 15) is 9.59 Å². The van der Waals surface area contributed by atoms with Crippen molar-refractivity contribution >= 4 is 11.8 Å². The number of hydrogen-bond acceptors (Lipinski definition) is 3. The summed E-state index contributed by atoms with van der Waals surface area (Å²) in [5.41, 5.74) is 6.95. The van der Waals surface area contributed by atoms with E-state index in [-0.39, 0.29) is 24.3 Å². The molecule has 1 aromatic rings. The van der Waals surface area contributed by atoms with E-state index in [0.717, 1.165) is 6.42 Å². The maximum Gasteiger partial charge on any atom is 0.241 e. The van der Waals surface area contributed by atoms with Crippen LogP contribution in [0.3, 0.4) is 0 Å². The lowest BCUT2D eigenvalue weighted by molar-refractivity contribution is -0.133. The second-order valence-electron chi connectivity index (χ2n) is 5.70. The highest BCUT2D eigenvalue weighted by Crippen LogP contribution is 2.02. The molecular weight excluding hydrogens is 278 g/mol. The number of carbonyl (C=O) groups is 2. The van der Waals surface area contributed by atoms with Gasteiger partial charge >= 0.3 is 0 Å². The lowest BCUT2D eigenvalue weighted by atomic mass is 10.1. The summed E-state index contributed by atoms with van der Waals surface area (Å²) in [6, 6.07) is 9.46. The van der Waals surface area contributed by atoms with E-state index in [0.29, 0.717) is 13.1 Å². The van der Waals surface area contributed by atoms with E-state index < -0.39 is 6.04 Å². The Balaban J connectivity index is 2.42. The summed E-state index contributed by atoms with van der Waals surface area (Å²) in [7, 11) is 0. The fraction of sp³-hybridized carbons (Fsp3) is 0.529. The lowest BCUT2D eigenvalue weighted by Crippen LogP contribution is -2.48. The molecule has 0 fully saturated rings. The smallest absolute Gasteiger partial charge is 0.241 e. The number of nitrogens with two attached hydrogens (primary N) is 1. The van der Waals surface area contributed by atoms with Crippen LogP contribution in [0.4, 0.5) is 0 Å². The number of hydrogen-bond donors (Lipinski definition) is 2. The van der Waals surface area contributed by atoms with Gasteiger partial charge in [-0.2, -0.15) is 0 Å². The third-order valence-corrected chi connectivity index (χ3v) is 3.68. The van der Waals surface area contributed by atoms with Crippen molar-refractivity contribution in [1.29, 1.82) is 0 Å². The Bertz CT molecular complexity index is 474. The molecule has 0 aliphatic heterocycles. The Morgan fingerprint density at radius 2 is 1.86 bits per heavy atom. The van der Waals surface area contributed by atoms with E-state index in [1.54, 1.807) is 4.90 Å². The number of benzene rings is 1. The first-order chi connectivity index (χ1) is 10.5. The van der Waals surface area contributed by atoms with Gasteiger partial charge in [0.15, 0.2) is 0 Å². The van der Waals surface area contributed by atoms with Crippen LogP contribution in [0, 0.1) is 5.92 Å². The van der Waals surface area contributed by atoms with Gasteiger partial charge in [-0.25, -0.2) is 0 Å². The minimum atomic E-state index is -0.577. The summed E-state index contributed by atoms with van der Waals surface area (Å²) < 4.78 is 0. The Kier molecular flexibility index (Phi) is 7.60. The van der Waals surface area contributed by atoms with E-state index in [1.807, 2.05) is 51.1 Å². The van der Waals surface area contributed by atoms with Crippen LogP contribution in [0.1, 0.15) is 26.3 Å². The van der Waals surface area contributed by atoms with Crippen molar-refractivity contribution < 1.29 is 9.59 Å². The molecule has 0 aliphatic rings. The van der Waals surface area contributed by atoms with Crippen LogP contribution in [0.15, 0.2) is 30.3 Å². The average molecular weight is 305 g/mol. The van der Waals surface area contributed by atoms with Crippen molar-refractivity contribution in [2.75, 3.05) is 19.6 Å². The van der Waals surface area contributed by atoms with Gasteiger partial charge in [0.1, 0.15) is 0 Å². The molecule has 0 aromatic heterocycles. The summed E-state index contributed by atoms with van der Waals surface area (Å²) in [6.45, 7) is 6.96. The number of likely N-dealkylation sites (N-methyl/N-ethyl adjacent to an activating group) is 1. The molecule has 1 aromatic carbocycles. The summed E-state index contributed by atoms with van der Waals surface area (Å²) in [5.74, 6) is -0.305. The van der Waals surface area contributed by atoms with Gasteiger partial charge in [0.2, 0.25) is 11.8 Å². The molecule has 0 aliphatic carbocycles. The monoisotopic (exact) mass is 305 g/mol. The maximum atomic E-state index is 12.2. The first-order valence-electron chi connectivity index (χ1n) is 7.80. The second kappa shape index (κ2) is 9.20. The van der Waals surface area contributed by atoms with Crippen molar-refractivity contribution in [2.45, 2.75) is 33.2 Å². The zero-order valence-corrected chi connectivity index (χ0v) is 13.7. The van der Waals surface area contributed by atoms with E-state index >= 15 is 0 Å². The molecule has 5 heteroatoms. The molecule has 0 bridgehead atoms. The van der Waals surface area contributed by atoms with Crippen molar-refractivity contribution in [1.82, 2.24) is 10.2 Å². The van der Waals surface area contributed by atoms with Gasteiger partial charge < -0.3 is 16.0 Å². The third kappa shape index (κ3) is 5.85. The van der Waals surface area contributed by atoms with Crippen LogP contribution in [0.25, 0.3) is 0 Å². The predicted molar refractivity (Wildman–Crippen MR) is 88.2 cm³/mol. The van der Waals surface area contributed by atoms with Crippen molar-refractivity contribution in [3.8, 4) is 0 Å². The summed E-state index contributed by atoms with van der Waals surface area (Å²) in [4.78, 5) is 25.7. The highest BCUT2D eigenvalue weighted by molar-refractivity contribution is 5.87. The average Bonchev–Trinajstić information content (AvgIpc) is 2.53. The van der Waals surface area contributed by atoms with Crippen molar-refractivity contribution in [3.05, 3.63) is 35.9 Å². The molecule has 5 nitrogen and oxygen atoms in total. The van der Waals surface area contributed by atoms with Gasteiger partial charge in [-0.15, -0.1) is 0 Å². The number of nitrogens with one attached hydrogen (secondary N) is 1. The summed E-state index contributed by atoms with van der Waals surface area (Å²) in [6.07, 6.45) is 0.805. The molecule has 1 atom stereocenters. The van der Waals surface area contributed by atoms with Crippen molar-refractivity contribution in [2.24, 2.45) is 11.7 Å². The Hall–Kier alpha value is -1.88. The molecule has 0 spiro atoms. The summed E-state index contributed by atoms with van der Waals surface area (Å²) in [5, 5.41) is 2.62. The Labute approximate surface area is 132 Å². The van der Waals surface area contributed by atoms with Gasteiger partial charge in [-0.3, -0.25) is 9.59 Å². The maximum absolute atomic E-state index is 12.2. The van der Waals surface area contributed by atoms with Crippen LogP contribution in [0.2, 0.25) is 0 Å². The zero-order valence-electron chi connectivity index (χ0n) is 13.7. The third-order valence-electron chi connectivity index (χ3n) is 3.68. The number of nitrogens with zero attached hydrogens (tertiary/aromatic N) is 1. The largest absolute Gasteiger partial charge is 0.346 e. The molecular formula is C17H27N3O2. The molecule has 0 saturated heterocycles. The van der Waals surface area contributed by atoms with Crippen LogP contribution < -0.4 is 11.1 Å². The molecule has 0 radical (unpaired) electrons. The standard InChI is InChI=1S/C17H27N3O2/c1-4-20(11-10-14-8-6-5-7-9-14)15(21)12-19-17(22)16(18)13(2)3/h5-9,13,16H,4,10-12,18H2,1-3H3,(H,19,22)/t16-/m0/s1. The first kappa shape index (κ1) is 18.2. The SMILES string of the molecule is CCN(CCc1ccccc1)C(=O)CNC(=O)[C@@H](N)C(C)C. The molecule has 2 amide bonds. The van der Waals surface area contributed by atoms with E-state index in [1.165, 1.54) is 5.56 Å². The fourth-order valence-electron chi connectivity index (χ4n) is 2.06. The minimum Gasteiger partial charge on any atom is -0.346 e. The van der Waals surface area contributed by atoms with Gasteiger partial charge in [-0.1, -0.05) is 44.2 Å². The molecule has 0 unspecified atom stereocenters. The summed E-state index contributed by atoms with van der Waals surface area (Å²) >= 11 is 0. The van der Waals surface area contributed by atoms with E-state index in [2.05, 4.69) is 5.32 Å². The van der Waals surface area contributed by atoms with Gasteiger partial charge in [-0.05, 0) is 24.8 Å². The molecule has 22 heavy (non-hydrogen) atoms. The van der Waals surface area contributed by atoms with Crippen molar-refractivity contribution in [3.63, 3.8) is 0 Å². The Morgan fingerprint density at radius 3 is 2.41 bits per heavy atom. The quantitative estimate of drug-likeness (QED) is 0.757. The molecule has 0 heterocycles. The number of amides is 2. The second-order valence-corrected chi connectivity index (χ2v) is 5.70. The normalized spacial score (nSPS) is 12.0. The zero-order chi connectivity index (χ0) is 16.5.